The second-order valence-corrected chi connectivity index (χ2v) is 5.47. The van der Waals surface area contributed by atoms with E-state index in [0.717, 1.165) is 25.0 Å². The summed E-state index contributed by atoms with van der Waals surface area (Å²) in [5.41, 5.74) is -0.792. The Morgan fingerprint density at radius 3 is 2.64 bits per heavy atom. The summed E-state index contributed by atoms with van der Waals surface area (Å²) in [5, 5.41) is 15.3. The summed E-state index contributed by atoms with van der Waals surface area (Å²) >= 11 is 0. The van der Waals surface area contributed by atoms with Crippen LogP contribution in [-0.4, -0.2) is 36.4 Å². The fraction of sp³-hybridized carbons (Fsp3) is 0.533. The van der Waals surface area contributed by atoms with Gasteiger partial charge in [0.1, 0.15) is 12.4 Å². The van der Waals surface area contributed by atoms with Crippen molar-refractivity contribution in [2.45, 2.75) is 31.3 Å². The van der Waals surface area contributed by atoms with Gasteiger partial charge in [-0.25, -0.2) is 13.6 Å². The Labute approximate surface area is 127 Å². The average molecular weight is 314 g/mol. The number of rotatable bonds is 6. The first kappa shape index (κ1) is 16.5. The predicted octanol–water partition coefficient (Wildman–Crippen LogP) is 1.95. The molecule has 0 atom stereocenters. The maximum atomic E-state index is 12.9. The molecule has 0 unspecified atom stereocenters. The Bertz CT molecular complexity index is 520. The van der Waals surface area contributed by atoms with Crippen LogP contribution in [-0.2, 0) is 0 Å². The molecule has 2 amide bonds. The van der Waals surface area contributed by atoms with Gasteiger partial charge in [0, 0.05) is 12.6 Å². The molecule has 0 spiro atoms. The molecule has 1 saturated carbocycles. The zero-order valence-corrected chi connectivity index (χ0v) is 12.2. The van der Waals surface area contributed by atoms with Gasteiger partial charge in [-0.15, -0.1) is 0 Å². The molecular formula is C15H20F2N2O3. The third-order valence-electron chi connectivity index (χ3n) is 3.66. The van der Waals surface area contributed by atoms with Gasteiger partial charge < -0.3 is 20.5 Å². The smallest absolute Gasteiger partial charge is 0.315 e. The summed E-state index contributed by atoms with van der Waals surface area (Å²) in [6, 6.07) is 2.85. The van der Waals surface area contributed by atoms with Crippen LogP contribution in [0.5, 0.6) is 5.75 Å². The number of carbonyl (C=O) groups excluding carboxylic acids is 1. The molecule has 0 aliphatic heterocycles. The van der Waals surface area contributed by atoms with E-state index >= 15 is 0 Å². The summed E-state index contributed by atoms with van der Waals surface area (Å²) in [5.74, 6) is -1.72. The van der Waals surface area contributed by atoms with Gasteiger partial charge in [-0.2, -0.15) is 0 Å². The number of ether oxygens (including phenoxy) is 1. The second-order valence-electron chi connectivity index (χ2n) is 5.47. The summed E-state index contributed by atoms with van der Waals surface area (Å²) in [7, 11) is 0. The quantitative estimate of drug-likeness (QED) is 0.703. The van der Waals surface area contributed by atoms with Crippen LogP contribution in [0, 0.1) is 11.6 Å². The van der Waals surface area contributed by atoms with Gasteiger partial charge in [0.25, 0.3) is 0 Å². The van der Waals surface area contributed by atoms with E-state index in [0.29, 0.717) is 12.8 Å². The molecule has 22 heavy (non-hydrogen) atoms. The summed E-state index contributed by atoms with van der Waals surface area (Å²) in [4.78, 5) is 11.6. The lowest BCUT2D eigenvalue weighted by atomic mass is 10.0. The van der Waals surface area contributed by atoms with Crippen molar-refractivity contribution in [2.75, 3.05) is 19.7 Å². The number of aliphatic hydroxyl groups is 1. The van der Waals surface area contributed by atoms with E-state index in [2.05, 4.69) is 10.6 Å². The van der Waals surface area contributed by atoms with Crippen molar-refractivity contribution in [2.24, 2.45) is 0 Å². The lowest BCUT2D eigenvalue weighted by molar-refractivity contribution is 0.0501. The highest BCUT2D eigenvalue weighted by Gasteiger charge is 2.31. The van der Waals surface area contributed by atoms with E-state index in [9.17, 15) is 18.7 Å². The topological polar surface area (TPSA) is 70.6 Å². The first-order valence-electron chi connectivity index (χ1n) is 7.30. The Morgan fingerprint density at radius 1 is 1.23 bits per heavy atom. The van der Waals surface area contributed by atoms with Crippen molar-refractivity contribution in [3.8, 4) is 5.75 Å². The van der Waals surface area contributed by atoms with Crippen LogP contribution in [0.1, 0.15) is 25.7 Å². The minimum absolute atomic E-state index is 0.128. The Balaban J connectivity index is 1.61. The third kappa shape index (κ3) is 4.84. The normalized spacial score (nSPS) is 16.3. The van der Waals surface area contributed by atoms with E-state index in [4.69, 9.17) is 4.74 Å². The van der Waals surface area contributed by atoms with Crippen molar-refractivity contribution < 1.29 is 23.4 Å². The average Bonchev–Trinajstić information content (AvgIpc) is 2.92. The van der Waals surface area contributed by atoms with Gasteiger partial charge in [-0.1, -0.05) is 12.8 Å². The number of hydrogen-bond donors (Lipinski definition) is 3. The molecule has 0 saturated heterocycles. The number of halogens is 2. The van der Waals surface area contributed by atoms with E-state index in [1.165, 1.54) is 6.07 Å². The highest BCUT2D eigenvalue weighted by Crippen LogP contribution is 2.28. The molecule has 0 heterocycles. The molecule has 0 aromatic heterocycles. The van der Waals surface area contributed by atoms with Crippen LogP contribution in [0.2, 0.25) is 0 Å². The molecule has 0 radical (unpaired) electrons. The second kappa shape index (κ2) is 7.40. The molecule has 122 valence electrons. The third-order valence-corrected chi connectivity index (χ3v) is 3.66. The molecular weight excluding hydrogens is 294 g/mol. The van der Waals surface area contributed by atoms with E-state index in [-0.39, 0.29) is 25.4 Å². The standard InChI is InChI=1S/C15H20F2N2O3/c16-12-4-3-11(9-13(12)17)22-8-7-18-14(20)19-10-15(21)5-1-2-6-15/h3-4,9,21H,1-2,5-8,10H2,(H2,18,19,20). The number of carbonyl (C=O) groups is 1. The molecule has 5 nitrogen and oxygen atoms in total. The van der Waals surface area contributed by atoms with Gasteiger partial charge in [-0.05, 0) is 25.0 Å². The van der Waals surface area contributed by atoms with Crippen molar-refractivity contribution in [1.82, 2.24) is 10.6 Å². The highest BCUT2D eigenvalue weighted by atomic mass is 19.2. The fourth-order valence-electron chi connectivity index (χ4n) is 2.42. The lowest BCUT2D eigenvalue weighted by Crippen LogP contribution is -2.45. The number of benzene rings is 1. The van der Waals surface area contributed by atoms with E-state index in [1.54, 1.807) is 0 Å². The molecule has 3 N–H and O–H groups in total. The molecule has 1 fully saturated rings. The summed E-state index contributed by atoms with van der Waals surface area (Å²) in [6.07, 6.45) is 3.35. The van der Waals surface area contributed by atoms with Gasteiger partial charge >= 0.3 is 6.03 Å². The molecule has 1 aliphatic carbocycles. The number of amides is 2. The summed E-state index contributed by atoms with van der Waals surface area (Å²) < 4.78 is 30.9. The maximum absolute atomic E-state index is 12.9. The fourth-order valence-corrected chi connectivity index (χ4v) is 2.42. The van der Waals surface area contributed by atoms with Crippen molar-refractivity contribution in [3.63, 3.8) is 0 Å². The van der Waals surface area contributed by atoms with Crippen LogP contribution in [0.15, 0.2) is 18.2 Å². The minimum atomic E-state index is -0.979. The van der Waals surface area contributed by atoms with Crippen LogP contribution in [0.3, 0.4) is 0 Å². The van der Waals surface area contributed by atoms with Crippen LogP contribution < -0.4 is 15.4 Å². The van der Waals surface area contributed by atoms with E-state index in [1.807, 2.05) is 0 Å². The van der Waals surface area contributed by atoms with Crippen LogP contribution in [0.25, 0.3) is 0 Å². The van der Waals surface area contributed by atoms with Gasteiger partial charge in [0.2, 0.25) is 0 Å². The first-order valence-corrected chi connectivity index (χ1v) is 7.30. The van der Waals surface area contributed by atoms with Crippen molar-refractivity contribution in [3.05, 3.63) is 29.8 Å². The maximum Gasteiger partial charge on any atom is 0.315 e. The number of nitrogens with one attached hydrogen (secondary N) is 2. The zero-order chi connectivity index (χ0) is 16.0. The van der Waals surface area contributed by atoms with Gasteiger partial charge in [-0.3, -0.25) is 0 Å². The molecule has 1 aliphatic rings. The van der Waals surface area contributed by atoms with Crippen molar-refractivity contribution in [1.29, 1.82) is 0 Å². The number of urea groups is 1. The predicted molar refractivity (Wildman–Crippen MR) is 76.7 cm³/mol. The molecule has 7 heteroatoms. The van der Waals surface area contributed by atoms with Gasteiger partial charge in [0.15, 0.2) is 11.6 Å². The molecule has 2 rings (SSSR count). The number of hydrogen-bond acceptors (Lipinski definition) is 3. The highest BCUT2D eigenvalue weighted by molar-refractivity contribution is 5.73. The van der Waals surface area contributed by atoms with Crippen molar-refractivity contribution >= 4 is 6.03 Å². The lowest BCUT2D eigenvalue weighted by Gasteiger charge is -2.22. The first-order chi connectivity index (χ1) is 10.5. The Hall–Kier alpha value is -1.89. The molecule has 0 bridgehead atoms. The monoisotopic (exact) mass is 314 g/mol. The zero-order valence-electron chi connectivity index (χ0n) is 12.2. The Morgan fingerprint density at radius 2 is 1.95 bits per heavy atom. The largest absolute Gasteiger partial charge is 0.492 e. The minimum Gasteiger partial charge on any atom is -0.492 e. The summed E-state index contributed by atoms with van der Waals surface area (Å²) in [6.45, 7) is 0.564. The molecule has 1 aromatic rings. The van der Waals surface area contributed by atoms with E-state index < -0.39 is 23.3 Å². The van der Waals surface area contributed by atoms with Crippen LogP contribution >= 0.6 is 0 Å². The molecule has 1 aromatic carbocycles. The van der Waals surface area contributed by atoms with Gasteiger partial charge in [0.05, 0.1) is 12.1 Å². The van der Waals surface area contributed by atoms with Crippen LogP contribution in [0.4, 0.5) is 13.6 Å². The Kier molecular flexibility index (Phi) is 5.54. The SMILES string of the molecule is O=C(NCCOc1ccc(F)c(F)c1)NCC1(O)CCCC1.